The summed E-state index contributed by atoms with van der Waals surface area (Å²) in [5.74, 6) is -4.16. The van der Waals surface area contributed by atoms with Crippen LogP contribution in [0.5, 0.6) is 0 Å². The number of imide groups is 1. The minimum absolute atomic E-state index is 0.128. The summed E-state index contributed by atoms with van der Waals surface area (Å²) in [6, 6.07) is 18.8. The molecular formula is C29H23Cl2N3O5. The summed E-state index contributed by atoms with van der Waals surface area (Å²) in [5.41, 5.74) is 2.90. The Morgan fingerprint density at radius 2 is 1.26 bits per heavy atom. The predicted molar refractivity (Wildman–Crippen MR) is 145 cm³/mol. The van der Waals surface area contributed by atoms with Crippen molar-refractivity contribution >= 4 is 52.3 Å². The number of carbonyl (C=O) groups excluding carboxylic acids is 3. The zero-order chi connectivity index (χ0) is 27.9. The molecule has 39 heavy (non-hydrogen) atoms. The first-order valence-corrected chi connectivity index (χ1v) is 13.3. The Bertz CT molecular complexity index is 1450. The monoisotopic (exact) mass is 563 g/mol. The average molecular weight is 564 g/mol. The lowest BCUT2D eigenvalue weighted by molar-refractivity contribution is -0.384. The molecule has 10 heteroatoms. The van der Waals surface area contributed by atoms with Gasteiger partial charge in [-0.1, -0.05) is 62.4 Å². The maximum atomic E-state index is 14.2. The van der Waals surface area contributed by atoms with E-state index in [1.807, 2.05) is 48.5 Å². The fourth-order valence-corrected chi connectivity index (χ4v) is 7.66. The molecule has 2 bridgehead atoms. The molecule has 1 fully saturated rings. The van der Waals surface area contributed by atoms with Crippen LogP contribution in [0.25, 0.3) is 0 Å². The topological polar surface area (TPSA) is 110 Å². The van der Waals surface area contributed by atoms with Gasteiger partial charge in [0.05, 0.1) is 16.8 Å². The summed E-state index contributed by atoms with van der Waals surface area (Å²) >= 11 is 14.9. The summed E-state index contributed by atoms with van der Waals surface area (Å²) in [7, 11) is 0. The standard InChI is InChI=1S/C29H23Cl2N3O5/c1-15(2)24(25(35)32-16-11-13-17(14-12-16)34(38)39)33-26(36)22-23(27(33)37)29(31)19-8-4-3-7-18(19)28(22,30)20-9-5-6-10-21(20)29/h3-15,22-24H,1-2H3,(H,32,35)/t22-,23-,24+,28?,29?/m1/s1. The third-order valence-electron chi connectivity index (χ3n) is 8.14. The van der Waals surface area contributed by atoms with Gasteiger partial charge in [0.1, 0.15) is 15.8 Å². The van der Waals surface area contributed by atoms with Crippen LogP contribution < -0.4 is 5.32 Å². The maximum Gasteiger partial charge on any atom is 0.269 e. The van der Waals surface area contributed by atoms with Crippen molar-refractivity contribution in [1.82, 2.24) is 4.90 Å². The van der Waals surface area contributed by atoms with Crippen LogP contribution in [0, 0.1) is 27.9 Å². The van der Waals surface area contributed by atoms with Crippen LogP contribution in [0.3, 0.4) is 0 Å². The molecule has 3 aromatic carbocycles. The second-order valence-corrected chi connectivity index (χ2v) is 11.7. The molecule has 8 nitrogen and oxygen atoms in total. The zero-order valence-electron chi connectivity index (χ0n) is 20.9. The third-order valence-corrected chi connectivity index (χ3v) is 9.43. The molecule has 0 aromatic heterocycles. The lowest BCUT2D eigenvalue weighted by Crippen LogP contribution is -2.57. The maximum absolute atomic E-state index is 14.2. The Balaban J connectivity index is 1.44. The number of nitro groups is 1. The molecule has 0 spiro atoms. The van der Waals surface area contributed by atoms with Crippen LogP contribution in [-0.4, -0.2) is 33.6 Å². The minimum Gasteiger partial charge on any atom is -0.324 e. The fraction of sp³-hybridized carbons (Fsp3) is 0.276. The van der Waals surface area contributed by atoms with Gasteiger partial charge in [0.25, 0.3) is 5.69 Å². The van der Waals surface area contributed by atoms with Crippen molar-refractivity contribution in [1.29, 1.82) is 0 Å². The molecule has 1 heterocycles. The van der Waals surface area contributed by atoms with E-state index >= 15 is 0 Å². The van der Waals surface area contributed by atoms with Gasteiger partial charge < -0.3 is 5.32 Å². The van der Waals surface area contributed by atoms with E-state index < -0.39 is 56.2 Å². The number of hydrogen-bond donors (Lipinski definition) is 1. The number of carbonyl (C=O) groups is 3. The van der Waals surface area contributed by atoms with Crippen molar-refractivity contribution in [2.75, 3.05) is 5.32 Å². The van der Waals surface area contributed by atoms with E-state index in [9.17, 15) is 24.5 Å². The number of likely N-dealkylation sites (tertiary alicyclic amines) is 1. The summed E-state index contributed by atoms with van der Waals surface area (Å²) in [6.07, 6.45) is 0. The number of halogens is 2. The van der Waals surface area contributed by atoms with Gasteiger partial charge in [-0.25, -0.2) is 0 Å². The van der Waals surface area contributed by atoms with Gasteiger partial charge in [0, 0.05) is 17.8 Å². The van der Waals surface area contributed by atoms with Gasteiger partial charge in [-0.05, 0) is 40.3 Å². The van der Waals surface area contributed by atoms with Crippen LogP contribution in [0.15, 0.2) is 72.8 Å². The Kier molecular flexibility index (Phi) is 5.65. The highest BCUT2D eigenvalue weighted by Gasteiger charge is 2.73. The van der Waals surface area contributed by atoms with Crippen molar-refractivity contribution in [2.45, 2.75) is 29.6 Å². The van der Waals surface area contributed by atoms with Gasteiger partial charge in [-0.3, -0.25) is 29.4 Å². The Morgan fingerprint density at radius 3 is 1.62 bits per heavy atom. The van der Waals surface area contributed by atoms with Crippen molar-refractivity contribution in [2.24, 2.45) is 17.8 Å². The van der Waals surface area contributed by atoms with Crippen LogP contribution in [0.4, 0.5) is 11.4 Å². The molecule has 1 aliphatic heterocycles. The van der Waals surface area contributed by atoms with Crippen molar-refractivity contribution in [3.63, 3.8) is 0 Å². The second-order valence-electron chi connectivity index (χ2n) is 10.5. The quantitative estimate of drug-likeness (QED) is 0.200. The predicted octanol–water partition coefficient (Wildman–Crippen LogP) is 5.15. The van der Waals surface area contributed by atoms with E-state index in [0.717, 1.165) is 4.90 Å². The van der Waals surface area contributed by atoms with Gasteiger partial charge in [-0.15, -0.1) is 23.2 Å². The van der Waals surface area contributed by atoms with Crippen molar-refractivity contribution in [3.05, 3.63) is 105 Å². The largest absolute Gasteiger partial charge is 0.324 e. The number of rotatable bonds is 5. The SMILES string of the molecule is CC(C)[C@@H](C(=O)Nc1ccc([N+](=O)[O-])cc1)N1C(=O)[C@H]2[C@H](C1=O)C1(Cl)c3ccccc3C2(Cl)c2ccccc21. The van der Waals surface area contributed by atoms with E-state index in [4.69, 9.17) is 23.2 Å². The first kappa shape index (κ1) is 25.5. The molecule has 3 atom stereocenters. The van der Waals surface area contributed by atoms with Crippen molar-refractivity contribution < 1.29 is 19.3 Å². The van der Waals surface area contributed by atoms with Crippen LogP contribution in [0.1, 0.15) is 36.1 Å². The molecule has 7 rings (SSSR count). The molecule has 198 valence electrons. The van der Waals surface area contributed by atoms with Gasteiger partial charge in [0.2, 0.25) is 17.7 Å². The number of alkyl halides is 2. The van der Waals surface area contributed by atoms with Gasteiger partial charge in [0.15, 0.2) is 0 Å². The first-order valence-electron chi connectivity index (χ1n) is 12.5. The molecule has 3 aliphatic carbocycles. The summed E-state index contributed by atoms with van der Waals surface area (Å²) in [6.45, 7) is 3.49. The fourth-order valence-electron chi connectivity index (χ4n) is 6.56. The smallest absolute Gasteiger partial charge is 0.269 e. The number of benzene rings is 3. The number of amides is 3. The Hall–Kier alpha value is -3.75. The van der Waals surface area contributed by atoms with E-state index in [-0.39, 0.29) is 5.69 Å². The van der Waals surface area contributed by atoms with Crippen LogP contribution in [0.2, 0.25) is 0 Å². The number of nitro benzene ring substituents is 1. The summed E-state index contributed by atoms with van der Waals surface area (Å²) in [5, 5.41) is 13.7. The molecule has 3 aromatic rings. The molecule has 3 amide bonds. The molecule has 0 saturated carbocycles. The number of nitrogens with zero attached hydrogens (tertiary/aromatic N) is 2. The first-order chi connectivity index (χ1) is 18.5. The minimum atomic E-state index is -1.34. The number of non-ortho nitro benzene ring substituents is 1. The average Bonchev–Trinajstić information content (AvgIpc) is 3.18. The highest BCUT2D eigenvalue weighted by Crippen LogP contribution is 2.69. The number of nitrogens with one attached hydrogen (secondary N) is 1. The molecular weight excluding hydrogens is 541 g/mol. The number of hydrogen-bond acceptors (Lipinski definition) is 5. The highest BCUT2D eigenvalue weighted by molar-refractivity contribution is 6.36. The van der Waals surface area contributed by atoms with Crippen LogP contribution in [-0.2, 0) is 24.1 Å². The molecule has 0 unspecified atom stereocenters. The van der Waals surface area contributed by atoms with Crippen molar-refractivity contribution in [3.8, 4) is 0 Å². The normalized spacial score (nSPS) is 27.2. The lowest BCUT2D eigenvalue weighted by Gasteiger charge is -2.54. The third kappa shape index (κ3) is 3.28. The Morgan fingerprint density at radius 1 is 0.846 bits per heavy atom. The van der Waals surface area contributed by atoms with Gasteiger partial charge >= 0.3 is 0 Å². The lowest BCUT2D eigenvalue weighted by atomic mass is 9.54. The summed E-state index contributed by atoms with van der Waals surface area (Å²) < 4.78 is 0. The Labute approximate surface area is 234 Å². The van der Waals surface area contributed by atoms with E-state index in [1.54, 1.807) is 13.8 Å². The van der Waals surface area contributed by atoms with E-state index in [2.05, 4.69) is 5.32 Å². The van der Waals surface area contributed by atoms with E-state index in [1.165, 1.54) is 24.3 Å². The molecule has 1 saturated heterocycles. The highest BCUT2D eigenvalue weighted by atomic mass is 35.5. The summed E-state index contributed by atoms with van der Waals surface area (Å²) in [4.78, 5) is 50.8. The zero-order valence-corrected chi connectivity index (χ0v) is 22.4. The molecule has 1 N–H and O–H groups in total. The molecule has 4 aliphatic rings. The van der Waals surface area contributed by atoms with E-state index in [0.29, 0.717) is 27.9 Å². The second kappa shape index (κ2) is 8.63. The number of anilines is 1. The molecule has 0 radical (unpaired) electrons. The van der Waals surface area contributed by atoms with Gasteiger partial charge in [-0.2, -0.15) is 0 Å². The van der Waals surface area contributed by atoms with Crippen LogP contribution >= 0.6 is 23.2 Å².